The second-order valence-electron chi connectivity index (χ2n) is 5.70. The van der Waals surface area contributed by atoms with Crippen LogP contribution < -0.4 is 5.32 Å². The predicted molar refractivity (Wildman–Crippen MR) is 92.2 cm³/mol. The minimum Gasteiger partial charge on any atom is -0.386 e. The number of hydrogen-bond acceptors (Lipinski definition) is 2. The van der Waals surface area contributed by atoms with Crippen LogP contribution >= 0.6 is 15.9 Å². The SMILES string of the molecule is O=C(CBr)NC(Cc1ccc(C(F)(F)F)cc1)C(O)c1ccc(F)cc1. The zero-order valence-electron chi connectivity index (χ0n) is 13.4. The van der Waals surface area contributed by atoms with Gasteiger partial charge in [-0.05, 0) is 41.8 Å². The molecule has 1 amide bonds. The molecule has 0 aliphatic carbocycles. The lowest BCUT2D eigenvalue weighted by Gasteiger charge is -2.24. The van der Waals surface area contributed by atoms with Crippen LogP contribution in [0.4, 0.5) is 17.6 Å². The lowest BCUT2D eigenvalue weighted by atomic mass is 9.95. The molecule has 3 nitrogen and oxygen atoms in total. The minimum atomic E-state index is -4.43. The third kappa shape index (κ3) is 5.54. The minimum absolute atomic E-state index is 0.00660. The van der Waals surface area contributed by atoms with Gasteiger partial charge in [0, 0.05) is 0 Å². The Morgan fingerprint density at radius 3 is 2.15 bits per heavy atom. The first-order valence-corrected chi connectivity index (χ1v) is 8.78. The second kappa shape index (κ2) is 8.64. The third-order valence-corrected chi connectivity index (χ3v) is 4.31. The topological polar surface area (TPSA) is 49.3 Å². The predicted octanol–water partition coefficient (Wildman–Crippen LogP) is 4.00. The first-order valence-electron chi connectivity index (χ1n) is 7.65. The van der Waals surface area contributed by atoms with Crippen LogP contribution in [0.25, 0.3) is 0 Å². The van der Waals surface area contributed by atoms with Crippen molar-refractivity contribution < 1.29 is 27.5 Å². The van der Waals surface area contributed by atoms with Crippen LogP contribution in [-0.4, -0.2) is 22.4 Å². The highest BCUT2D eigenvalue weighted by Gasteiger charge is 2.30. The highest BCUT2D eigenvalue weighted by molar-refractivity contribution is 9.09. The molecule has 0 spiro atoms. The smallest absolute Gasteiger partial charge is 0.386 e. The molecule has 2 rings (SSSR count). The van der Waals surface area contributed by atoms with E-state index in [2.05, 4.69) is 21.2 Å². The Morgan fingerprint density at radius 2 is 1.65 bits per heavy atom. The molecule has 2 aromatic rings. The van der Waals surface area contributed by atoms with Gasteiger partial charge in [-0.25, -0.2) is 4.39 Å². The van der Waals surface area contributed by atoms with Gasteiger partial charge >= 0.3 is 6.18 Å². The van der Waals surface area contributed by atoms with Crippen molar-refractivity contribution in [1.82, 2.24) is 5.32 Å². The summed E-state index contributed by atoms with van der Waals surface area (Å²) in [6.45, 7) is 0. The number of halogens is 5. The van der Waals surface area contributed by atoms with Gasteiger partial charge in [-0.1, -0.05) is 40.2 Å². The summed E-state index contributed by atoms with van der Waals surface area (Å²) in [6.07, 6.45) is -5.48. The number of hydrogen-bond donors (Lipinski definition) is 2. The Bertz CT molecular complexity index is 732. The average molecular weight is 434 g/mol. The Morgan fingerprint density at radius 1 is 1.08 bits per heavy atom. The number of nitrogens with one attached hydrogen (secondary N) is 1. The van der Waals surface area contributed by atoms with Crippen LogP contribution in [0, 0.1) is 5.82 Å². The van der Waals surface area contributed by atoms with Gasteiger partial charge in [0.25, 0.3) is 0 Å². The molecule has 0 aliphatic heterocycles. The van der Waals surface area contributed by atoms with Crippen molar-refractivity contribution in [3.05, 3.63) is 71.0 Å². The maximum atomic E-state index is 13.0. The quantitative estimate of drug-likeness (QED) is 0.534. The van der Waals surface area contributed by atoms with Gasteiger partial charge < -0.3 is 10.4 Å². The van der Waals surface area contributed by atoms with E-state index in [1.807, 2.05) is 0 Å². The van der Waals surface area contributed by atoms with E-state index >= 15 is 0 Å². The monoisotopic (exact) mass is 433 g/mol. The summed E-state index contributed by atoms with van der Waals surface area (Å²) in [5.41, 5.74) is 0.124. The summed E-state index contributed by atoms with van der Waals surface area (Å²) < 4.78 is 51.0. The van der Waals surface area contributed by atoms with E-state index in [1.165, 1.54) is 36.4 Å². The molecule has 0 fully saturated rings. The Kier molecular flexibility index (Phi) is 6.77. The molecule has 0 aromatic heterocycles. The molecule has 0 bridgehead atoms. The van der Waals surface area contributed by atoms with E-state index in [4.69, 9.17) is 0 Å². The highest BCUT2D eigenvalue weighted by Crippen LogP contribution is 2.29. The fraction of sp³-hybridized carbons (Fsp3) is 0.278. The first-order chi connectivity index (χ1) is 12.2. The standard InChI is InChI=1S/C18H16BrF4NO2/c19-10-16(25)24-15(17(26)12-3-7-14(20)8-4-12)9-11-1-5-13(6-2-11)18(21,22)23/h1-8,15,17,26H,9-10H2,(H,24,25). The van der Waals surface area contributed by atoms with E-state index in [0.29, 0.717) is 11.1 Å². The van der Waals surface area contributed by atoms with Crippen molar-refractivity contribution in [1.29, 1.82) is 0 Å². The first kappa shape index (κ1) is 20.4. The van der Waals surface area contributed by atoms with Crippen LogP contribution in [0.5, 0.6) is 0 Å². The lowest BCUT2D eigenvalue weighted by molar-refractivity contribution is -0.137. The molecule has 140 valence electrons. The molecular weight excluding hydrogens is 418 g/mol. The molecule has 2 aromatic carbocycles. The van der Waals surface area contributed by atoms with Crippen LogP contribution in [0.3, 0.4) is 0 Å². The van der Waals surface area contributed by atoms with Gasteiger partial charge in [-0.3, -0.25) is 4.79 Å². The number of rotatable bonds is 6. The third-order valence-electron chi connectivity index (χ3n) is 3.80. The van der Waals surface area contributed by atoms with Crippen LogP contribution in [0.2, 0.25) is 0 Å². The van der Waals surface area contributed by atoms with Gasteiger partial charge in [0.1, 0.15) is 5.82 Å². The fourth-order valence-corrected chi connectivity index (χ4v) is 2.62. The number of benzene rings is 2. The van der Waals surface area contributed by atoms with E-state index in [1.54, 1.807) is 0 Å². The van der Waals surface area contributed by atoms with Gasteiger partial charge in [-0.15, -0.1) is 0 Å². The zero-order chi connectivity index (χ0) is 19.3. The van der Waals surface area contributed by atoms with Gasteiger partial charge in [0.05, 0.1) is 23.0 Å². The second-order valence-corrected chi connectivity index (χ2v) is 6.26. The lowest BCUT2D eigenvalue weighted by Crippen LogP contribution is -2.41. The summed E-state index contributed by atoms with van der Waals surface area (Å²) in [6, 6.07) is 8.84. The van der Waals surface area contributed by atoms with Gasteiger partial charge in [0.2, 0.25) is 5.91 Å². The van der Waals surface area contributed by atoms with Crippen molar-refractivity contribution in [3.8, 4) is 0 Å². The van der Waals surface area contributed by atoms with E-state index in [9.17, 15) is 27.5 Å². The molecule has 0 saturated carbocycles. The normalized spacial score (nSPS) is 13.9. The largest absolute Gasteiger partial charge is 0.416 e. The zero-order valence-corrected chi connectivity index (χ0v) is 15.0. The van der Waals surface area contributed by atoms with Crippen LogP contribution in [0.1, 0.15) is 22.8 Å². The molecule has 0 heterocycles. The van der Waals surface area contributed by atoms with Crippen molar-refractivity contribution in [2.75, 3.05) is 5.33 Å². The Hall–Kier alpha value is -1.93. The van der Waals surface area contributed by atoms with Gasteiger partial charge in [0.15, 0.2) is 0 Å². The van der Waals surface area contributed by atoms with Crippen molar-refractivity contribution in [3.63, 3.8) is 0 Å². The van der Waals surface area contributed by atoms with E-state index < -0.39 is 29.7 Å². The number of aliphatic hydroxyl groups is 1. The highest BCUT2D eigenvalue weighted by atomic mass is 79.9. The number of carbonyl (C=O) groups excluding carboxylic acids is 1. The molecule has 2 atom stereocenters. The van der Waals surface area contributed by atoms with Crippen LogP contribution in [-0.2, 0) is 17.4 Å². The summed E-state index contributed by atoms with van der Waals surface area (Å²) >= 11 is 3.01. The number of carbonyl (C=O) groups is 1. The summed E-state index contributed by atoms with van der Waals surface area (Å²) in [4.78, 5) is 11.7. The average Bonchev–Trinajstić information content (AvgIpc) is 2.60. The van der Waals surface area contributed by atoms with Crippen molar-refractivity contribution >= 4 is 21.8 Å². The summed E-state index contributed by atoms with van der Waals surface area (Å²) in [5, 5.41) is 13.2. The fourth-order valence-electron chi connectivity index (χ4n) is 2.46. The molecule has 8 heteroatoms. The van der Waals surface area contributed by atoms with E-state index in [0.717, 1.165) is 12.1 Å². The molecule has 0 radical (unpaired) electrons. The molecule has 2 N–H and O–H groups in total. The molecule has 0 aliphatic rings. The molecule has 0 saturated heterocycles. The maximum Gasteiger partial charge on any atom is 0.416 e. The summed E-state index contributed by atoms with van der Waals surface area (Å²) in [5.74, 6) is -0.854. The van der Waals surface area contributed by atoms with Gasteiger partial charge in [-0.2, -0.15) is 13.2 Å². The maximum absolute atomic E-state index is 13.0. The number of aliphatic hydroxyl groups excluding tert-OH is 1. The molecule has 2 unspecified atom stereocenters. The molecular formula is C18H16BrF4NO2. The Balaban J connectivity index is 2.21. The number of amides is 1. The Labute approximate surface area is 156 Å². The number of alkyl halides is 4. The van der Waals surface area contributed by atoms with E-state index in [-0.39, 0.29) is 17.7 Å². The van der Waals surface area contributed by atoms with Crippen molar-refractivity contribution in [2.45, 2.75) is 24.7 Å². The molecule has 26 heavy (non-hydrogen) atoms. The van der Waals surface area contributed by atoms with Crippen LogP contribution in [0.15, 0.2) is 48.5 Å². The van der Waals surface area contributed by atoms with Crippen molar-refractivity contribution in [2.24, 2.45) is 0 Å². The summed E-state index contributed by atoms with van der Waals surface area (Å²) in [7, 11) is 0.